The van der Waals surface area contributed by atoms with Gasteiger partial charge >= 0.3 is 0 Å². The SMILES string of the molecule is COc1c(F)ccc(C2(N)CCCC2)c1O. The normalized spacial score (nSPS) is 18.7. The van der Waals surface area contributed by atoms with Gasteiger partial charge in [0.1, 0.15) is 0 Å². The molecule has 1 saturated carbocycles. The maximum absolute atomic E-state index is 13.3. The molecule has 1 aromatic rings. The molecule has 4 heteroatoms. The van der Waals surface area contributed by atoms with Crippen molar-refractivity contribution in [1.29, 1.82) is 0 Å². The summed E-state index contributed by atoms with van der Waals surface area (Å²) in [5.41, 5.74) is 6.27. The molecular weight excluding hydrogens is 209 g/mol. The predicted molar refractivity (Wildman–Crippen MR) is 59.0 cm³/mol. The fourth-order valence-corrected chi connectivity index (χ4v) is 2.42. The Bertz CT molecular complexity index is 400. The molecule has 88 valence electrons. The van der Waals surface area contributed by atoms with E-state index in [1.54, 1.807) is 6.07 Å². The Balaban J connectivity index is 2.49. The third kappa shape index (κ3) is 1.63. The van der Waals surface area contributed by atoms with Gasteiger partial charge in [0.15, 0.2) is 17.3 Å². The highest BCUT2D eigenvalue weighted by molar-refractivity contribution is 5.49. The molecule has 0 aliphatic heterocycles. The van der Waals surface area contributed by atoms with Crippen molar-refractivity contribution in [3.63, 3.8) is 0 Å². The van der Waals surface area contributed by atoms with Gasteiger partial charge in [0.05, 0.1) is 7.11 Å². The first kappa shape index (κ1) is 11.2. The summed E-state index contributed by atoms with van der Waals surface area (Å²) >= 11 is 0. The van der Waals surface area contributed by atoms with Gasteiger partial charge in [-0.2, -0.15) is 0 Å². The Hall–Kier alpha value is -1.29. The molecule has 0 atom stereocenters. The second-order valence-electron chi connectivity index (χ2n) is 4.34. The molecule has 3 nitrogen and oxygen atoms in total. The van der Waals surface area contributed by atoms with Crippen molar-refractivity contribution in [3.8, 4) is 11.5 Å². The van der Waals surface area contributed by atoms with Crippen molar-refractivity contribution in [3.05, 3.63) is 23.5 Å². The van der Waals surface area contributed by atoms with Crippen LogP contribution in [0.4, 0.5) is 4.39 Å². The fraction of sp³-hybridized carbons (Fsp3) is 0.500. The van der Waals surface area contributed by atoms with Gasteiger partial charge in [-0.3, -0.25) is 0 Å². The van der Waals surface area contributed by atoms with E-state index in [0.29, 0.717) is 5.56 Å². The molecule has 0 bridgehead atoms. The Kier molecular flexibility index (Phi) is 2.76. The smallest absolute Gasteiger partial charge is 0.196 e. The molecule has 0 aromatic heterocycles. The minimum atomic E-state index is -0.564. The van der Waals surface area contributed by atoms with Crippen LogP contribution in [0.1, 0.15) is 31.2 Å². The van der Waals surface area contributed by atoms with E-state index in [4.69, 9.17) is 10.5 Å². The number of phenols is 1. The molecule has 1 aromatic carbocycles. The molecule has 1 aliphatic rings. The molecule has 0 spiro atoms. The van der Waals surface area contributed by atoms with Gasteiger partial charge in [-0.25, -0.2) is 4.39 Å². The highest BCUT2D eigenvalue weighted by Crippen LogP contribution is 2.44. The van der Waals surface area contributed by atoms with E-state index in [1.165, 1.54) is 13.2 Å². The average molecular weight is 225 g/mol. The minimum absolute atomic E-state index is 0.116. The van der Waals surface area contributed by atoms with Gasteiger partial charge in [0, 0.05) is 11.1 Å². The van der Waals surface area contributed by atoms with Crippen LogP contribution in [-0.4, -0.2) is 12.2 Å². The van der Waals surface area contributed by atoms with Crippen LogP contribution < -0.4 is 10.5 Å². The van der Waals surface area contributed by atoms with Crippen molar-refractivity contribution in [1.82, 2.24) is 0 Å². The van der Waals surface area contributed by atoms with Crippen molar-refractivity contribution in [2.24, 2.45) is 5.73 Å². The van der Waals surface area contributed by atoms with E-state index in [9.17, 15) is 9.50 Å². The second kappa shape index (κ2) is 3.94. The third-order valence-corrected chi connectivity index (χ3v) is 3.32. The summed E-state index contributed by atoms with van der Waals surface area (Å²) in [5.74, 6) is -0.841. The topological polar surface area (TPSA) is 55.5 Å². The van der Waals surface area contributed by atoms with Gasteiger partial charge in [0.2, 0.25) is 0 Å². The molecule has 1 fully saturated rings. The number of hydrogen-bond acceptors (Lipinski definition) is 3. The monoisotopic (exact) mass is 225 g/mol. The zero-order chi connectivity index (χ0) is 11.8. The third-order valence-electron chi connectivity index (χ3n) is 3.32. The maximum atomic E-state index is 13.3. The first-order valence-corrected chi connectivity index (χ1v) is 5.43. The van der Waals surface area contributed by atoms with E-state index in [2.05, 4.69) is 0 Å². The molecule has 0 unspecified atom stereocenters. The van der Waals surface area contributed by atoms with Crippen LogP contribution in [0, 0.1) is 5.82 Å². The van der Waals surface area contributed by atoms with Crippen LogP contribution in [0.25, 0.3) is 0 Å². The Morgan fingerprint density at radius 2 is 2.00 bits per heavy atom. The van der Waals surface area contributed by atoms with Crippen LogP contribution in [0.3, 0.4) is 0 Å². The average Bonchev–Trinajstić information content (AvgIpc) is 2.66. The molecular formula is C12H16FNO2. The maximum Gasteiger partial charge on any atom is 0.196 e. The molecule has 0 saturated heterocycles. The van der Waals surface area contributed by atoms with E-state index in [0.717, 1.165) is 25.7 Å². The number of benzene rings is 1. The molecule has 1 aliphatic carbocycles. The standard InChI is InChI=1S/C12H16FNO2/c1-16-11-9(13)5-4-8(10(11)15)12(14)6-2-3-7-12/h4-5,15H,2-3,6-7,14H2,1H3. The number of rotatable bonds is 2. The molecule has 3 N–H and O–H groups in total. The molecule has 0 radical (unpaired) electrons. The zero-order valence-electron chi connectivity index (χ0n) is 9.29. The summed E-state index contributed by atoms with van der Waals surface area (Å²) in [5, 5.41) is 9.95. The molecule has 0 heterocycles. The first-order chi connectivity index (χ1) is 7.58. The van der Waals surface area contributed by atoms with Crippen molar-refractivity contribution in [2.75, 3.05) is 7.11 Å². The van der Waals surface area contributed by atoms with Gasteiger partial charge in [-0.1, -0.05) is 18.9 Å². The number of aromatic hydroxyl groups is 1. The van der Waals surface area contributed by atoms with Crippen LogP contribution in [0.5, 0.6) is 11.5 Å². The number of phenolic OH excluding ortho intramolecular Hbond substituents is 1. The van der Waals surface area contributed by atoms with Crippen LogP contribution in [0.15, 0.2) is 12.1 Å². The highest BCUT2D eigenvalue weighted by atomic mass is 19.1. The minimum Gasteiger partial charge on any atom is -0.504 e. The van der Waals surface area contributed by atoms with Crippen molar-refractivity contribution in [2.45, 2.75) is 31.2 Å². The number of ether oxygens (including phenoxy) is 1. The van der Waals surface area contributed by atoms with Gasteiger partial charge in [-0.15, -0.1) is 0 Å². The van der Waals surface area contributed by atoms with E-state index < -0.39 is 11.4 Å². The number of methoxy groups -OCH3 is 1. The summed E-state index contributed by atoms with van der Waals surface area (Å²) in [7, 11) is 1.33. The molecule has 16 heavy (non-hydrogen) atoms. The first-order valence-electron chi connectivity index (χ1n) is 5.43. The predicted octanol–water partition coefficient (Wildman–Crippen LogP) is 2.27. The number of hydrogen-bond donors (Lipinski definition) is 2. The largest absolute Gasteiger partial charge is 0.504 e. The Morgan fingerprint density at radius 3 is 2.56 bits per heavy atom. The lowest BCUT2D eigenvalue weighted by molar-refractivity contribution is 0.337. The molecule has 0 amide bonds. The van der Waals surface area contributed by atoms with Crippen LogP contribution >= 0.6 is 0 Å². The summed E-state index contributed by atoms with van der Waals surface area (Å²) < 4.78 is 18.2. The summed E-state index contributed by atoms with van der Waals surface area (Å²) in [6, 6.07) is 2.85. The summed E-state index contributed by atoms with van der Waals surface area (Å²) in [6.07, 6.45) is 3.70. The van der Waals surface area contributed by atoms with E-state index in [-0.39, 0.29) is 11.5 Å². The van der Waals surface area contributed by atoms with Crippen LogP contribution in [0.2, 0.25) is 0 Å². The summed E-state index contributed by atoms with van der Waals surface area (Å²) in [4.78, 5) is 0. The number of halogens is 1. The fourth-order valence-electron chi connectivity index (χ4n) is 2.42. The van der Waals surface area contributed by atoms with Crippen LogP contribution in [-0.2, 0) is 5.54 Å². The Labute approximate surface area is 94.0 Å². The van der Waals surface area contributed by atoms with E-state index >= 15 is 0 Å². The second-order valence-corrected chi connectivity index (χ2v) is 4.34. The van der Waals surface area contributed by atoms with Gasteiger partial charge in [-0.05, 0) is 18.9 Å². The lowest BCUT2D eigenvalue weighted by Crippen LogP contribution is -2.33. The zero-order valence-corrected chi connectivity index (χ0v) is 9.29. The summed E-state index contributed by atoms with van der Waals surface area (Å²) in [6.45, 7) is 0. The van der Waals surface area contributed by atoms with Crippen molar-refractivity contribution >= 4 is 0 Å². The quantitative estimate of drug-likeness (QED) is 0.811. The van der Waals surface area contributed by atoms with Crippen molar-refractivity contribution < 1.29 is 14.2 Å². The number of nitrogens with two attached hydrogens (primary N) is 1. The highest BCUT2D eigenvalue weighted by Gasteiger charge is 2.35. The van der Waals surface area contributed by atoms with Gasteiger partial charge in [0.25, 0.3) is 0 Å². The van der Waals surface area contributed by atoms with Gasteiger partial charge < -0.3 is 15.6 Å². The lowest BCUT2D eigenvalue weighted by Gasteiger charge is -2.25. The molecule has 2 rings (SSSR count). The lowest BCUT2D eigenvalue weighted by atomic mass is 9.88. The Morgan fingerprint density at radius 1 is 1.38 bits per heavy atom. The van der Waals surface area contributed by atoms with E-state index in [1.807, 2.05) is 0 Å².